The van der Waals surface area contributed by atoms with Gasteiger partial charge in [0.1, 0.15) is 5.56 Å². The van der Waals surface area contributed by atoms with Crippen molar-refractivity contribution < 1.29 is 4.79 Å². The first kappa shape index (κ1) is 22.2. The second-order valence-corrected chi connectivity index (χ2v) is 6.94. The molecule has 26 heavy (non-hydrogen) atoms. The van der Waals surface area contributed by atoms with Gasteiger partial charge in [0, 0.05) is 25.3 Å². The number of halogens is 2. The molecule has 0 saturated carbocycles. The topological polar surface area (TPSA) is 92.1 Å². The highest BCUT2D eigenvalue weighted by Crippen LogP contribution is 2.28. The van der Waals surface area contributed by atoms with E-state index in [0.29, 0.717) is 24.5 Å². The third-order valence-corrected chi connectivity index (χ3v) is 4.68. The van der Waals surface area contributed by atoms with Gasteiger partial charge in [-0.3, -0.25) is 14.6 Å². The molecular formula is C18H24Cl2N4O2. The number of hydrogen-bond acceptors (Lipinski definition) is 4. The molecule has 0 spiro atoms. The lowest BCUT2D eigenvalue weighted by Gasteiger charge is -2.42. The molecule has 1 saturated heterocycles. The number of nitrogens with zero attached hydrogens (tertiary/aromatic N) is 2. The highest BCUT2D eigenvalue weighted by Gasteiger charge is 2.36. The first-order valence-corrected chi connectivity index (χ1v) is 8.08. The highest BCUT2D eigenvalue weighted by atomic mass is 35.5. The quantitative estimate of drug-likeness (QED) is 0.812. The molecular weight excluding hydrogens is 375 g/mol. The first-order valence-electron chi connectivity index (χ1n) is 8.08. The van der Waals surface area contributed by atoms with Gasteiger partial charge in [0.15, 0.2) is 0 Å². The minimum absolute atomic E-state index is 0. The Balaban J connectivity index is 0.00000169. The predicted molar refractivity (Wildman–Crippen MR) is 107 cm³/mol. The van der Waals surface area contributed by atoms with Crippen molar-refractivity contribution in [2.24, 2.45) is 11.1 Å². The van der Waals surface area contributed by atoms with Crippen LogP contribution in [0.25, 0.3) is 11.4 Å². The molecule has 1 unspecified atom stereocenters. The van der Waals surface area contributed by atoms with E-state index >= 15 is 0 Å². The SMILES string of the molecule is CC1(C)CN(C(=O)c2ccc(-c3ccccn3)[nH]c2=O)CCC1N.Cl.Cl. The number of pyridine rings is 2. The van der Waals surface area contributed by atoms with E-state index in [2.05, 4.69) is 9.97 Å². The number of carbonyl (C=O) groups excluding carboxylic acids is 1. The number of aromatic nitrogens is 2. The normalized spacial score (nSPS) is 18.4. The fourth-order valence-corrected chi connectivity index (χ4v) is 3.03. The summed E-state index contributed by atoms with van der Waals surface area (Å²) in [5.41, 5.74) is 6.98. The zero-order chi connectivity index (χ0) is 17.3. The van der Waals surface area contributed by atoms with Crippen LogP contribution in [0.15, 0.2) is 41.3 Å². The Morgan fingerprint density at radius 1 is 1.27 bits per heavy atom. The second kappa shape index (κ2) is 8.66. The molecule has 6 nitrogen and oxygen atoms in total. The van der Waals surface area contributed by atoms with E-state index in [4.69, 9.17) is 5.73 Å². The summed E-state index contributed by atoms with van der Waals surface area (Å²) < 4.78 is 0. The molecule has 0 bridgehead atoms. The molecule has 0 aliphatic carbocycles. The molecule has 3 N–H and O–H groups in total. The summed E-state index contributed by atoms with van der Waals surface area (Å²) >= 11 is 0. The Morgan fingerprint density at radius 2 is 2.00 bits per heavy atom. The summed E-state index contributed by atoms with van der Waals surface area (Å²) in [5, 5.41) is 0. The van der Waals surface area contributed by atoms with Crippen LogP contribution in [0.1, 0.15) is 30.6 Å². The second-order valence-electron chi connectivity index (χ2n) is 6.94. The monoisotopic (exact) mass is 398 g/mol. The van der Waals surface area contributed by atoms with E-state index in [1.54, 1.807) is 29.3 Å². The molecule has 8 heteroatoms. The number of carbonyl (C=O) groups is 1. The number of hydrogen-bond donors (Lipinski definition) is 2. The van der Waals surface area contributed by atoms with E-state index in [0.717, 1.165) is 6.42 Å². The van der Waals surface area contributed by atoms with Gasteiger partial charge in [0.2, 0.25) is 0 Å². The molecule has 3 heterocycles. The summed E-state index contributed by atoms with van der Waals surface area (Å²) in [5.74, 6) is -0.246. The molecule has 2 aromatic rings. The van der Waals surface area contributed by atoms with Gasteiger partial charge in [-0.1, -0.05) is 19.9 Å². The Hall–Kier alpha value is -1.89. The van der Waals surface area contributed by atoms with E-state index < -0.39 is 5.56 Å². The van der Waals surface area contributed by atoms with Crippen molar-refractivity contribution in [1.29, 1.82) is 0 Å². The van der Waals surface area contributed by atoms with Crippen molar-refractivity contribution in [3.05, 3.63) is 52.4 Å². The van der Waals surface area contributed by atoms with E-state index in [9.17, 15) is 9.59 Å². The van der Waals surface area contributed by atoms with Crippen molar-refractivity contribution in [1.82, 2.24) is 14.9 Å². The number of likely N-dealkylation sites (tertiary alicyclic amines) is 1. The number of nitrogens with one attached hydrogen (secondary N) is 1. The third-order valence-electron chi connectivity index (χ3n) is 4.68. The van der Waals surface area contributed by atoms with Crippen molar-refractivity contribution in [3.63, 3.8) is 0 Å². The van der Waals surface area contributed by atoms with Crippen molar-refractivity contribution in [2.45, 2.75) is 26.3 Å². The predicted octanol–water partition coefficient (Wildman–Crippen LogP) is 2.48. The van der Waals surface area contributed by atoms with Crippen LogP contribution in [0.4, 0.5) is 0 Å². The summed E-state index contributed by atoms with van der Waals surface area (Å²) in [6.45, 7) is 5.22. The fraction of sp³-hybridized carbons (Fsp3) is 0.389. The maximum absolute atomic E-state index is 12.7. The Kier molecular flexibility index (Phi) is 7.38. The average molecular weight is 399 g/mol. The minimum Gasteiger partial charge on any atom is -0.338 e. The molecule has 2 aromatic heterocycles. The molecule has 1 atom stereocenters. The molecule has 1 amide bonds. The number of H-pyrrole nitrogens is 1. The standard InChI is InChI=1S/C18H22N4O2.2ClH/c1-18(2)11-22(10-8-15(18)19)17(24)12-6-7-14(21-16(12)23)13-5-3-4-9-20-13;;/h3-7,9,15H,8,10-11,19H2,1-2H3,(H,21,23);2*1H. The van der Waals surface area contributed by atoms with E-state index in [-0.39, 0.29) is 47.7 Å². The van der Waals surface area contributed by atoms with Gasteiger partial charge in [0.25, 0.3) is 11.5 Å². The molecule has 0 radical (unpaired) electrons. The van der Waals surface area contributed by atoms with Gasteiger partial charge >= 0.3 is 0 Å². The Bertz CT molecular complexity index is 808. The largest absolute Gasteiger partial charge is 0.338 e. The third kappa shape index (κ3) is 4.44. The lowest BCUT2D eigenvalue weighted by atomic mass is 9.79. The minimum atomic E-state index is -0.393. The number of piperidine rings is 1. The van der Waals surface area contributed by atoms with Gasteiger partial charge in [-0.05, 0) is 36.1 Å². The van der Waals surface area contributed by atoms with Crippen LogP contribution in [0.2, 0.25) is 0 Å². The van der Waals surface area contributed by atoms with Crippen LogP contribution in [-0.2, 0) is 0 Å². The highest BCUT2D eigenvalue weighted by molar-refractivity contribution is 5.94. The summed E-state index contributed by atoms with van der Waals surface area (Å²) in [6.07, 6.45) is 2.40. The smallest absolute Gasteiger partial charge is 0.261 e. The number of rotatable bonds is 2. The van der Waals surface area contributed by atoms with Crippen LogP contribution in [0.5, 0.6) is 0 Å². The molecule has 1 aliphatic rings. The van der Waals surface area contributed by atoms with Crippen molar-refractivity contribution in [3.8, 4) is 11.4 Å². The summed E-state index contributed by atoms with van der Waals surface area (Å²) in [7, 11) is 0. The van der Waals surface area contributed by atoms with Crippen LogP contribution in [0.3, 0.4) is 0 Å². The first-order chi connectivity index (χ1) is 11.4. The van der Waals surface area contributed by atoms with Crippen LogP contribution < -0.4 is 11.3 Å². The maximum Gasteiger partial charge on any atom is 0.261 e. The van der Waals surface area contributed by atoms with Gasteiger partial charge in [-0.15, -0.1) is 24.8 Å². The number of nitrogens with two attached hydrogens (primary N) is 1. The van der Waals surface area contributed by atoms with E-state index in [1.165, 1.54) is 0 Å². The van der Waals surface area contributed by atoms with Crippen LogP contribution in [-0.4, -0.2) is 39.9 Å². The number of amides is 1. The van der Waals surface area contributed by atoms with Crippen LogP contribution >= 0.6 is 24.8 Å². The van der Waals surface area contributed by atoms with Crippen LogP contribution in [0, 0.1) is 5.41 Å². The zero-order valence-corrected chi connectivity index (χ0v) is 16.4. The van der Waals surface area contributed by atoms with Crippen molar-refractivity contribution in [2.75, 3.05) is 13.1 Å². The lowest BCUT2D eigenvalue weighted by Crippen LogP contribution is -2.54. The van der Waals surface area contributed by atoms with Gasteiger partial charge in [-0.25, -0.2) is 0 Å². The Labute approximate surface area is 165 Å². The zero-order valence-electron chi connectivity index (χ0n) is 14.8. The van der Waals surface area contributed by atoms with Gasteiger partial charge in [0.05, 0.1) is 11.4 Å². The molecule has 3 rings (SSSR count). The molecule has 142 valence electrons. The Morgan fingerprint density at radius 3 is 2.58 bits per heavy atom. The van der Waals surface area contributed by atoms with Gasteiger partial charge < -0.3 is 15.6 Å². The summed E-state index contributed by atoms with van der Waals surface area (Å²) in [6, 6.07) is 8.82. The fourth-order valence-electron chi connectivity index (χ4n) is 3.03. The number of aromatic amines is 1. The lowest BCUT2D eigenvalue weighted by molar-refractivity contribution is 0.0531. The molecule has 0 aromatic carbocycles. The van der Waals surface area contributed by atoms with Crippen molar-refractivity contribution >= 4 is 30.7 Å². The van der Waals surface area contributed by atoms with E-state index in [1.807, 2.05) is 26.0 Å². The maximum atomic E-state index is 12.7. The average Bonchev–Trinajstić information content (AvgIpc) is 2.57. The summed E-state index contributed by atoms with van der Waals surface area (Å²) in [4.78, 5) is 33.8. The molecule has 1 fully saturated rings. The molecule has 1 aliphatic heterocycles. The van der Waals surface area contributed by atoms with Gasteiger partial charge in [-0.2, -0.15) is 0 Å².